The Labute approximate surface area is 174 Å². The molecule has 4 nitrogen and oxygen atoms in total. The molecular formula is C22H12Cl2FNO3. The van der Waals surface area contributed by atoms with E-state index in [0.29, 0.717) is 11.2 Å². The molecule has 0 spiro atoms. The highest BCUT2D eigenvalue weighted by Gasteiger charge is 2.23. The molecule has 1 heterocycles. The molecule has 1 N–H and O–H groups in total. The van der Waals surface area contributed by atoms with Gasteiger partial charge in [-0.25, -0.2) is 9.18 Å². The molecule has 0 unspecified atom stereocenters. The van der Waals surface area contributed by atoms with Crippen molar-refractivity contribution in [2.24, 2.45) is 0 Å². The second-order valence-electron chi connectivity index (χ2n) is 6.32. The molecule has 1 aromatic heterocycles. The first kappa shape index (κ1) is 19.2. The van der Waals surface area contributed by atoms with Crippen LogP contribution in [0.1, 0.15) is 26.3 Å². The molecule has 0 bridgehead atoms. The fourth-order valence-corrected chi connectivity index (χ4v) is 3.81. The lowest BCUT2D eigenvalue weighted by molar-refractivity contribution is 0.0696. The SMILES string of the molecule is O=C(O)c1ccc(-n2cc(C(=O)c3c(Cl)cccc3Cl)c3c(F)cccc32)cc1. The number of benzene rings is 3. The smallest absolute Gasteiger partial charge is 0.335 e. The van der Waals surface area contributed by atoms with Crippen molar-refractivity contribution in [2.75, 3.05) is 0 Å². The van der Waals surface area contributed by atoms with Gasteiger partial charge in [-0.2, -0.15) is 0 Å². The first-order chi connectivity index (χ1) is 13.9. The Morgan fingerprint density at radius 2 is 1.52 bits per heavy atom. The van der Waals surface area contributed by atoms with E-state index in [1.807, 2.05) is 0 Å². The number of aromatic carboxylic acids is 1. The van der Waals surface area contributed by atoms with Gasteiger partial charge < -0.3 is 9.67 Å². The first-order valence-electron chi connectivity index (χ1n) is 8.50. The average Bonchev–Trinajstić information content (AvgIpc) is 3.09. The summed E-state index contributed by atoms with van der Waals surface area (Å²) in [6, 6.07) is 15.2. The maximum atomic E-state index is 14.7. The predicted molar refractivity (Wildman–Crippen MR) is 110 cm³/mol. The molecular weight excluding hydrogens is 416 g/mol. The topological polar surface area (TPSA) is 59.3 Å². The zero-order chi connectivity index (χ0) is 20.7. The second-order valence-corrected chi connectivity index (χ2v) is 7.14. The van der Waals surface area contributed by atoms with Crippen molar-refractivity contribution in [3.05, 3.63) is 99.4 Å². The number of nitrogens with zero attached hydrogens (tertiary/aromatic N) is 1. The molecule has 7 heteroatoms. The zero-order valence-electron chi connectivity index (χ0n) is 14.7. The van der Waals surface area contributed by atoms with Crippen LogP contribution >= 0.6 is 23.2 Å². The van der Waals surface area contributed by atoms with Crippen molar-refractivity contribution < 1.29 is 19.1 Å². The summed E-state index contributed by atoms with van der Waals surface area (Å²) >= 11 is 12.3. The number of carboxylic acids is 1. The summed E-state index contributed by atoms with van der Waals surface area (Å²) in [6.07, 6.45) is 1.51. The van der Waals surface area contributed by atoms with Crippen molar-refractivity contribution in [2.45, 2.75) is 0 Å². The maximum absolute atomic E-state index is 14.7. The fraction of sp³-hybridized carbons (Fsp3) is 0. The molecule has 0 saturated heterocycles. The van der Waals surface area contributed by atoms with Crippen LogP contribution in [0.5, 0.6) is 0 Å². The van der Waals surface area contributed by atoms with Crippen LogP contribution in [0, 0.1) is 5.82 Å². The molecule has 29 heavy (non-hydrogen) atoms. The Morgan fingerprint density at radius 1 is 0.897 bits per heavy atom. The number of fused-ring (bicyclic) bond motifs is 1. The quantitative estimate of drug-likeness (QED) is 0.406. The molecule has 0 amide bonds. The lowest BCUT2D eigenvalue weighted by Gasteiger charge is -2.06. The second kappa shape index (κ2) is 7.35. The van der Waals surface area contributed by atoms with Crippen molar-refractivity contribution in [1.29, 1.82) is 0 Å². The zero-order valence-corrected chi connectivity index (χ0v) is 16.2. The van der Waals surface area contributed by atoms with Crippen LogP contribution in [0.2, 0.25) is 10.0 Å². The van der Waals surface area contributed by atoms with Gasteiger partial charge in [0.1, 0.15) is 5.82 Å². The van der Waals surface area contributed by atoms with Gasteiger partial charge in [-0.05, 0) is 48.5 Å². The van der Waals surface area contributed by atoms with Gasteiger partial charge in [0.15, 0.2) is 5.78 Å². The minimum Gasteiger partial charge on any atom is -0.478 e. The van der Waals surface area contributed by atoms with Crippen molar-refractivity contribution >= 4 is 45.9 Å². The summed E-state index contributed by atoms with van der Waals surface area (Å²) in [7, 11) is 0. The third-order valence-corrected chi connectivity index (χ3v) is 5.24. The molecule has 0 saturated carbocycles. The third-order valence-electron chi connectivity index (χ3n) is 4.61. The molecule has 0 radical (unpaired) electrons. The number of carbonyl (C=O) groups is 2. The molecule has 0 fully saturated rings. The number of ketones is 1. The molecule has 144 valence electrons. The van der Waals surface area contributed by atoms with Gasteiger partial charge in [-0.3, -0.25) is 4.79 Å². The summed E-state index contributed by atoms with van der Waals surface area (Å²) in [4.78, 5) is 24.3. The van der Waals surface area contributed by atoms with Gasteiger partial charge in [0.05, 0.1) is 32.3 Å². The van der Waals surface area contributed by atoms with Gasteiger partial charge in [-0.15, -0.1) is 0 Å². The standard InChI is InChI=1S/C22H12Cl2FNO3/c23-15-3-1-4-16(24)20(15)21(27)14-11-26(18-6-2-5-17(25)19(14)18)13-9-7-12(8-10-13)22(28)29/h1-11H,(H,28,29). The highest BCUT2D eigenvalue weighted by atomic mass is 35.5. The van der Waals surface area contributed by atoms with E-state index < -0.39 is 17.6 Å². The maximum Gasteiger partial charge on any atom is 0.335 e. The summed E-state index contributed by atoms with van der Waals surface area (Å²) in [5.74, 6) is -2.12. The van der Waals surface area contributed by atoms with Gasteiger partial charge in [0, 0.05) is 17.3 Å². The number of rotatable bonds is 4. The van der Waals surface area contributed by atoms with E-state index in [4.69, 9.17) is 28.3 Å². The Morgan fingerprint density at radius 3 is 2.14 bits per heavy atom. The Hall–Kier alpha value is -3.15. The van der Waals surface area contributed by atoms with Gasteiger partial charge in [0.25, 0.3) is 0 Å². The molecule has 4 rings (SSSR count). The molecule has 0 atom stereocenters. The number of carboxylic acid groups (broad SMARTS) is 1. The van der Waals surface area contributed by atoms with Crippen molar-refractivity contribution in [1.82, 2.24) is 4.57 Å². The number of hydrogen-bond donors (Lipinski definition) is 1. The summed E-state index contributed by atoms with van der Waals surface area (Å²) in [5, 5.41) is 9.56. The molecule has 0 aliphatic rings. The molecule has 0 aliphatic heterocycles. The van der Waals surface area contributed by atoms with Crippen molar-refractivity contribution in [3.8, 4) is 5.69 Å². The fourth-order valence-electron chi connectivity index (χ4n) is 3.24. The largest absolute Gasteiger partial charge is 0.478 e. The van der Waals surface area contributed by atoms with E-state index in [1.165, 1.54) is 30.5 Å². The lowest BCUT2D eigenvalue weighted by atomic mass is 10.0. The first-order valence-corrected chi connectivity index (χ1v) is 9.26. The molecule has 0 aliphatic carbocycles. The normalized spacial score (nSPS) is 11.0. The van der Waals surface area contributed by atoms with Gasteiger partial charge in [0.2, 0.25) is 0 Å². The minimum atomic E-state index is -1.05. The van der Waals surface area contributed by atoms with Crippen molar-refractivity contribution in [3.63, 3.8) is 0 Å². The summed E-state index contributed by atoms with van der Waals surface area (Å²) in [5.41, 5.74) is 1.36. The van der Waals surface area contributed by atoms with Gasteiger partial charge >= 0.3 is 5.97 Å². The minimum absolute atomic E-state index is 0.0966. The van der Waals surface area contributed by atoms with E-state index >= 15 is 0 Å². The van der Waals surface area contributed by atoms with E-state index in [-0.39, 0.29) is 32.1 Å². The number of halogens is 3. The number of carbonyl (C=O) groups excluding carboxylic acids is 1. The lowest BCUT2D eigenvalue weighted by Crippen LogP contribution is -2.03. The van der Waals surface area contributed by atoms with Crippen LogP contribution in [0.4, 0.5) is 4.39 Å². The Kier molecular flexibility index (Phi) is 4.86. The van der Waals surface area contributed by atoms with Gasteiger partial charge in [-0.1, -0.05) is 35.3 Å². The van der Waals surface area contributed by atoms with E-state index in [1.54, 1.807) is 41.0 Å². The monoisotopic (exact) mass is 427 g/mol. The highest BCUT2D eigenvalue weighted by molar-refractivity contribution is 6.41. The summed E-state index contributed by atoms with van der Waals surface area (Å²) < 4.78 is 16.3. The van der Waals surface area contributed by atoms with E-state index in [0.717, 1.165) is 0 Å². The third kappa shape index (κ3) is 3.28. The molecule has 4 aromatic rings. The van der Waals surface area contributed by atoms with Crippen LogP contribution in [0.3, 0.4) is 0 Å². The Bertz CT molecular complexity index is 1260. The van der Waals surface area contributed by atoms with Crippen LogP contribution in [0.15, 0.2) is 66.9 Å². The van der Waals surface area contributed by atoms with Crippen LogP contribution in [-0.2, 0) is 0 Å². The molecule has 3 aromatic carbocycles. The number of aromatic nitrogens is 1. The van der Waals surface area contributed by atoms with Crippen LogP contribution < -0.4 is 0 Å². The number of hydrogen-bond acceptors (Lipinski definition) is 2. The van der Waals surface area contributed by atoms with E-state index in [2.05, 4.69) is 0 Å². The van der Waals surface area contributed by atoms with Crippen LogP contribution in [0.25, 0.3) is 16.6 Å². The van der Waals surface area contributed by atoms with Crippen LogP contribution in [-0.4, -0.2) is 21.4 Å². The summed E-state index contributed by atoms with van der Waals surface area (Å²) in [6.45, 7) is 0. The van der Waals surface area contributed by atoms with E-state index in [9.17, 15) is 14.0 Å². The Balaban J connectivity index is 1.95. The average molecular weight is 428 g/mol. The predicted octanol–water partition coefficient (Wildman–Crippen LogP) is 6.01. The highest BCUT2D eigenvalue weighted by Crippen LogP contribution is 2.33.